The standard InChI is InChI=1S/C25H25BrN2O3/c1-16(2)31-21-10-7-18(8-11-21)23(15-30-24-6-4-5-17(3)27-24)28-14-19-13-20(26)9-12-22(19)25(28)29/h4-13,16,23H,14-15H2,1-3H3. The minimum absolute atomic E-state index is 0.0100. The molecular formula is C25H25BrN2O3. The Bertz CT molecular complexity index is 1080. The SMILES string of the molecule is Cc1cccc(OCC(c2ccc(OC(C)C)cc2)N2Cc3cc(Br)ccc3C2=O)n1. The van der Waals surface area contributed by atoms with Gasteiger partial charge in [-0.3, -0.25) is 4.79 Å². The van der Waals surface area contributed by atoms with Crippen molar-refractivity contribution in [3.05, 3.63) is 87.5 Å². The lowest BCUT2D eigenvalue weighted by molar-refractivity contribution is 0.0632. The molecular weight excluding hydrogens is 456 g/mol. The number of amides is 1. The number of ether oxygens (including phenoxy) is 2. The van der Waals surface area contributed by atoms with E-state index in [9.17, 15) is 4.79 Å². The predicted molar refractivity (Wildman–Crippen MR) is 123 cm³/mol. The van der Waals surface area contributed by atoms with E-state index in [0.717, 1.165) is 32.6 Å². The Kier molecular flexibility index (Phi) is 6.28. The van der Waals surface area contributed by atoms with E-state index in [4.69, 9.17) is 9.47 Å². The zero-order valence-electron chi connectivity index (χ0n) is 17.8. The number of pyridine rings is 1. The maximum Gasteiger partial charge on any atom is 0.255 e. The van der Waals surface area contributed by atoms with Gasteiger partial charge in [-0.1, -0.05) is 34.1 Å². The normalized spacial score (nSPS) is 14.0. The molecule has 0 aliphatic carbocycles. The first-order valence-corrected chi connectivity index (χ1v) is 11.1. The van der Waals surface area contributed by atoms with Crippen LogP contribution in [0.15, 0.2) is 65.1 Å². The van der Waals surface area contributed by atoms with Crippen LogP contribution >= 0.6 is 15.9 Å². The van der Waals surface area contributed by atoms with Crippen molar-refractivity contribution < 1.29 is 14.3 Å². The fourth-order valence-electron chi connectivity index (χ4n) is 3.73. The molecule has 6 heteroatoms. The summed E-state index contributed by atoms with van der Waals surface area (Å²) in [5.74, 6) is 1.37. The lowest BCUT2D eigenvalue weighted by Crippen LogP contribution is -2.33. The maximum atomic E-state index is 13.2. The molecule has 4 rings (SSSR count). The Morgan fingerprint density at radius 3 is 2.58 bits per heavy atom. The predicted octanol–water partition coefficient (Wildman–Crippen LogP) is 5.72. The highest BCUT2D eigenvalue weighted by Gasteiger charge is 2.34. The molecule has 5 nitrogen and oxygen atoms in total. The summed E-state index contributed by atoms with van der Waals surface area (Å²) in [7, 11) is 0. The fraction of sp³-hybridized carbons (Fsp3) is 0.280. The molecule has 2 heterocycles. The van der Waals surface area contributed by atoms with Crippen LogP contribution in [0.5, 0.6) is 11.6 Å². The highest BCUT2D eigenvalue weighted by molar-refractivity contribution is 9.10. The quantitative estimate of drug-likeness (QED) is 0.434. The molecule has 31 heavy (non-hydrogen) atoms. The number of carbonyl (C=O) groups excluding carboxylic acids is 1. The third kappa shape index (κ3) is 4.90. The van der Waals surface area contributed by atoms with Crippen LogP contribution < -0.4 is 9.47 Å². The Balaban J connectivity index is 1.62. The van der Waals surface area contributed by atoms with Gasteiger partial charge in [0.1, 0.15) is 12.4 Å². The van der Waals surface area contributed by atoms with E-state index in [0.29, 0.717) is 19.0 Å². The summed E-state index contributed by atoms with van der Waals surface area (Å²) in [6.45, 7) is 6.76. The van der Waals surface area contributed by atoms with Crippen molar-refractivity contribution in [2.75, 3.05) is 6.61 Å². The van der Waals surface area contributed by atoms with Crippen molar-refractivity contribution in [2.24, 2.45) is 0 Å². The molecule has 0 bridgehead atoms. The van der Waals surface area contributed by atoms with Gasteiger partial charge in [-0.25, -0.2) is 4.98 Å². The van der Waals surface area contributed by atoms with Crippen molar-refractivity contribution in [3.63, 3.8) is 0 Å². The maximum absolute atomic E-state index is 13.2. The Hall–Kier alpha value is -2.86. The molecule has 1 unspecified atom stereocenters. The smallest absolute Gasteiger partial charge is 0.255 e. The molecule has 3 aromatic rings. The monoisotopic (exact) mass is 480 g/mol. The zero-order valence-corrected chi connectivity index (χ0v) is 19.4. The van der Waals surface area contributed by atoms with E-state index in [2.05, 4.69) is 20.9 Å². The highest BCUT2D eigenvalue weighted by atomic mass is 79.9. The third-order valence-corrected chi connectivity index (χ3v) is 5.66. The van der Waals surface area contributed by atoms with E-state index in [1.165, 1.54) is 0 Å². The number of halogens is 1. The molecule has 0 radical (unpaired) electrons. The average Bonchev–Trinajstić information content (AvgIpc) is 3.04. The number of hydrogen-bond donors (Lipinski definition) is 0. The van der Waals surface area contributed by atoms with E-state index in [-0.39, 0.29) is 18.1 Å². The summed E-state index contributed by atoms with van der Waals surface area (Å²) in [6.07, 6.45) is 0.102. The van der Waals surface area contributed by atoms with Crippen LogP contribution in [-0.2, 0) is 6.54 Å². The molecule has 0 saturated heterocycles. The van der Waals surface area contributed by atoms with E-state index in [1.807, 2.05) is 86.3 Å². The average molecular weight is 481 g/mol. The van der Waals surface area contributed by atoms with Crippen LogP contribution in [-0.4, -0.2) is 28.5 Å². The van der Waals surface area contributed by atoms with Gasteiger partial charge in [0, 0.05) is 28.3 Å². The van der Waals surface area contributed by atoms with Crippen molar-refractivity contribution in [1.29, 1.82) is 0 Å². The van der Waals surface area contributed by atoms with E-state index < -0.39 is 0 Å². The topological polar surface area (TPSA) is 51.7 Å². The van der Waals surface area contributed by atoms with Crippen LogP contribution in [0.2, 0.25) is 0 Å². The third-order valence-electron chi connectivity index (χ3n) is 5.16. The van der Waals surface area contributed by atoms with Crippen LogP contribution in [0.1, 0.15) is 47.1 Å². The van der Waals surface area contributed by atoms with Gasteiger partial charge >= 0.3 is 0 Å². The first-order chi connectivity index (χ1) is 14.9. The number of nitrogens with zero attached hydrogens (tertiary/aromatic N) is 2. The van der Waals surface area contributed by atoms with Gasteiger partial charge in [-0.2, -0.15) is 0 Å². The lowest BCUT2D eigenvalue weighted by atomic mass is 10.1. The largest absolute Gasteiger partial charge is 0.491 e. The van der Waals surface area contributed by atoms with Gasteiger partial charge in [0.15, 0.2) is 0 Å². The summed E-state index contributed by atoms with van der Waals surface area (Å²) in [6, 6.07) is 19.1. The highest BCUT2D eigenvalue weighted by Crippen LogP contribution is 2.34. The number of rotatable bonds is 7. The minimum atomic E-state index is -0.255. The van der Waals surface area contributed by atoms with Crippen LogP contribution in [0.3, 0.4) is 0 Å². The number of fused-ring (bicyclic) bond motifs is 1. The Morgan fingerprint density at radius 1 is 1.10 bits per heavy atom. The van der Waals surface area contributed by atoms with E-state index >= 15 is 0 Å². The molecule has 1 aromatic heterocycles. The van der Waals surface area contributed by atoms with Gasteiger partial charge < -0.3 is 14.4 Å². The Labute approximate surface area is 191 Å². The molecule has 1 aliphatic rings. The van der Waals surface area contributed by atoms with E-state index in [1.54, 1.807) is 0 Å². The molecule has 1 amide bonds. The number of aromatic nitrogens is 1. The molecule has 0 spiro atoms. The molecule has 0 fully saturated rings. The number of carbonyl (C=O) groups is 1. The van der Waals surface area contributed by atoms with Crippen molar-refractivity contribution in [1.82, 2.24) is 9.88 Å². The van der Waals surface area contributed by atoms with Gasteiger partial charge in [-0.05, 0) is 68.3 Å². The van der Waals surface area contributed by atoms with Crippen molar-refractivity contribution in [3.8, 4) is 11.6 Å². The Morgan fingerprint density at radius 2 is 1.87 bits per heavy atom. The molecule has 0 saturated carbocycles. The number of aryl methyl sites for hydroxylation is 1. The summed E-state index contributed by atoms with van der Waals surface area (Å²) in [5, 5.41) is 0. The van der Waals surface area contributed by atoms with Gasteiger partial charge in [0.25, 0.3) is 5.91 Å². The number of hydrogen-bond acceptors (Lipinski definition) is 4. The summed E-state index contributed by atoms with van der Waals surface area (Å²) in [5.41, 5.74) is 3.63. The molecule has 2 aromatic carbocycles. The van der Waals surface area contributed by atoms with Crippen LogP contribution in [0, 0.1) is 6.92 Å². The van der Waals surface area contributed by atoms with Gasteiger partial charge in [0.05, 0.1) is 12.1 Å². The molecule has 1 atom stereocenters. The lowest BCUT2D eigenvalue weighted by Gasteiger charge is -2.28. The zero-order chi connectivity index (χ0) is 22.0. The first-order valence-electron chi connectivity index (χ1n) is 10.3. The van der Waals surface area contributed by atoms with Gasteiger partial charge in [-0.15, -0.1) is 0 Å². The van der Waals surface area contributed by atoms with Crippen LogP contribution in [0.25, 0.3) is 0 Å². The minimum Gasteiger partial charge on any atom is -0.491 e. The summed E-state index contributed by atoms with van der Waals surface area (Å²) >= 11 is 3.51. The van der Waals surface area contributed by atoms with Crippen molar-refractivity contribution in [2.45, 2.75) is 39.5 Å². The fourth-order valence-corrected chi connectivity index (χ4v) is 4.14. The van der Waals surface area contributed by atoms with Crippen molar-refractivity contribution >= 4 is 21.8 Å². The molecule has 0 N–H and O–H groups in total. The van der Waals surface area contributed by atoms with Crippen LogP contribution in [0.4, 0.5) is 0 Å². The molecule has 1 aliphatic heterocycles. The second kappa shape index (κ2) is 9.10. The molecule has 160 valence electrons. The number of benzene rings is 2. The first kappa shape index (κ1) is 21.4. The second-order valence-electron chi connectivity index (χ2n) is 7.91. The van der Waals surface area contributed by atoms with Gasteiger partial charge in [0.2, 0.25) is 5.88 Å². The second-order valence-corrected chi connectivity index (χ2v) is 8.83. The summed E-state index contributed by atoms with van der Waals surface area (Å²) in [4.78, 5) is 19.5. The summed E-state index contributed by atoms with van der Waals surface area (Å²) < 4.78 is 12.8.